The van der Waals surface area contributed by atoms with E-state index in [9.17, 15) is 13.2 Å². The van der Waals surface area contributed by atoms with E-state index in [0.717, 1.165) is 30.6 Å². The first-order valence-corrected chi connectivity index (χ1v) is 11.5. The lowest BCUT2D eigenvalue weighted by atomic mass is 9.89. The van der Waals surface area contributed by atoms with Crippen LogP contribution >= 0.6 is 22.7 Å². The third-order valence-corrected chi connectivity index (χ3v) is 9.10. The summed E-state index contributed by atoms with van der Waals surface area (Å²) in [6, 6.07) is 7.04. The van der Waals surface area contributed by atoms with E-state index in [1.54, 1.807) is 17.5 Å². The van der Waals surface area contributed by atoms with Gasteiger partial charge in [0.2, 0.25) is 5.91 Å². The molecule has 1 fully saturated rings. The lowest BCUT2D eigenvalue weighted by Gasteiger charge is -2.22. The van der Waals surface area contributed by atoms with E-state index < -0.39 is 15.1 Å². The molecule has 1 unspecified atom stereocenters. The van der Waals surface area contributed by atoms with Gasteiger partial charge in [0.15, 0.2) is 9.84 Å². The number of sulfone groups is 1. The van der Waals surface area contributed by atoms with Gasteiger partial charge in [-0.3, -0.25) is 4.79 Å². The van der Waals surface area contributed by atoms with E-state index in [-0.39, 0.29) is 18.4 Å². The van der Waals surface area contributed by atoms with Gasteiger partial charge >= 0.3 is 0 Å². The minimum atomic E-state index is -3.49. The van der Waals surface area contributed by atoms with Crippen molar-refractivity contribution in [3.8, 4) is 0 Å². The monoisotopic (exact) mass is 383 g/mol. The molecule has 0 saturated heterocycles. The second-order valence-corrected chi connectivity index (χ2v) is 10.3. The maximum Gasteiger partial charge on any atom is 0.223 e. The van der Waals surface area contributed by atoms with Crippen molar-refractivity contribution in [2.45, 2.75) is 41.6 Å². The molecule has 130 valence electrons. The second-order valence-electron chi connectivity index (χ2n) is 6.06. The standard InChI is InChI=1S/C17H21NO3S3/c19-17(13-6-2-1-3-7-13)18-12-15(14-8-4-10-22-14)24(20,21)16-9-5-11-23-16/h4-5,8-11,13,15H,1-3,6-7,12H2,(H,18,19). The maximum absolute atomic E-state index is 12.9. The van der Waals surface area contributed by atoms with Gasteiger partial charge in [0.25, 0.3) is 0 Å². The molecule has 0 radical (unpaired) electrons. The van der Waals surface area contributed by atoms with E-state index in [1.165, 1.54) is 29.1 Å². The Morgan fingerprint density at radius 2 is 1.83 bits per heavy atom. The summed E-state index contributed by atoms with van der Waals surface area (Å²) in [4.78, 5) is 13.2. The van der Waals surface area contributed by atoms with E-state index in [2.05, 4.69) is 5.32 Å². The predicted molar refractivity (Wildman–Crippen MR) is 98.1 cm³/mol. The summed E-state index contributed by atoms with van der Waals surface area (Å²) in [6.07, 6.45) is 5.18. The molecule has 1 aliphatic carbocycles. The number of hydrogen-bond donors (Lipinski definition) is 1. The van der Waals surface area contributed by atoms with Crippen molar-refractivity contribution in [1.29, 1.82) is 0 Å². The van der Waals surface area contributed by atoms with Crippen LogP contribution < -0.4 is 5.32 Å². The topological polar surface area (TPSA) is 63.2 Å². The zero-order chi connectivity index (χ0) is 17.0. The molecule has 1 N–H and O–H groups in total. The molecule has 3 rings (SSSR count). The van der Waals surface area contributed by atoms with Crippen molar-refractivity contribution in [3.05, 3.63) is 39.9 Å². The Kier molecular flexibility index (Phi) is 5.73. The summed E-state index contributed by atoms with van der Waals surface area (Å²) < 4.78 is 26.2. The van der Waals surface area contributed by atoms with E-state index in [1.807, 2.05) is 17.5 Å². The SMILES string of the molecule is O=C(NCC(c1cccs1)S(=O)(=O)c1cccs1)C1CCCCC1. The summed E-state index contributed by atoms with van der Waals surface area (Å²) in [5.74, 6) is 0.0322. The van der Waals surface area contributed by atoms with Crippen LogP contribution in [0.5, 0.6) is 0 Å². The minimum Gasteiger partial charge on any atom is -0.354 e. The molecule has 0 bridgehead atoms. The maximum atomic E-state index is 12.9. The predicted octanol–water partition coefficient (Wildman–Crippen LogP) is 4.02. The van der Waals surface area contributed by atoms with Crippen LogP contribution in [0.2, 0.25) is 0 Å². The molecule has 0 aromatic carbocycles. The Balaban J connectivity index is 1.75. The minimum absolute atomic E-state index is 0.00219. The lowest BCUT2D eigenvalue weighted by Crippen LogP contribution is -2.36. The van der Waals surface area contributed by atoms with Gasteiger partial charge in [-0.25, -0.2) is 8.42 Å². The molecule has 1 atom stereocenters. The first-order chi connectivity index (χ1) is 11.6. The average molecular weight is 384 g/mol. The Morgan fingerprint density at radius 1 is 1.12 bits per heavy atom. The number of carbonyl (C=O) groups is 1. The molecule has 7 heteroatoms. The molecule has 1 amide bonds. The van der Waals surface area contributed by atoms with Crippen LogP contribution in [0.15, 0.2) is 39.2 Å². The molecule has 24 heavy (non-hydrogen) atoms. The van der Waals surface area contributed by atoms with Crippen LogP contribution in [0.4, 0.5) is 0 Å². The van der Waals surface area contributed by atoms with Crippen molar-refractivity contribution in [3.63, 3.8) is 0 Å². The summed E-state index contributed by atoms with van der Waals surface area (Å²) in [6.45, 7) is 0.135. The first-order valence-electron chi connectivity index (χ1n) is 8.17. The lowest BCUT2D eigenvalue weighted by molar-refractivity contribution is -0.125. The molecule has 4 nitrogen and oxygen atoms in total. The van der Waals surface area contributed by atoms with Gasteiger partial charge in [-0.05, 0) is 35.7 Å². The van der Waals surface area contributed by atoms with Crippen molar-refractivity contribution >= 4 is 38.4 Å². The molecule has 0 aliphatic heterocycles. The fraction of sp³-hybridized carbons (Fsp3) is 0.471. The van der Waals surface area contributed by atoms with Crippen LogP contribution in [-0.4, -0.2) is 20.9 Å². The number of rotatable bonds is 6. The molecule has 2 aromatic heterocycles. The average Bonchev–Trinajstić information content (AvgIpc) is 3.29. The number of carbonyl (C=O) groups excluding carboxylic acids is 1. The van der Waals surface area contributed by atoms with Crippen molar-refractivity contribution in [1.82, 2.24) is 5.32 Å². The second kappa shape index (κ2) is 7.80. The summed E-state index contributed by atoms with van der Waals surface area (Å²) in [7, 11) is -3.49. The largest absolute Gasteiger partial charge is 0.354 e. The van der Waals surface area contributed by atoms with Gasteiger partial charge in [0.1, 0.15) is 9.46 Å². The van der Waals surface area contributed by atoms with Gasteiger partial charge in [0.05, 0.1) is 0 Å². The highest BCUT2D eigenvalue weighted by molar-refractivity contribution is 7.93. The Bertz CT molecular complexity index is 745. The molecule has 2 heterocycles. The van der Waals surface area contributed by atoms with Crippen LogP contribution in [0.25, 0.3) is 0 Å². The van der Waals surface area contributed by atoms with Gasteiger partial charge in [-0.15, -0.1) is 22.7 Å². The van der Waals surface area contributed by atoms with Gasteiger partial charge in [-0.2, -0.15) is 0 Å². The van der Waals surface area contributed by atoms with Crippen LogP contribution in [0.3, 0.4) is 0 Å². The van der Waals surface area contributed by atoms with Gasteiger partial charge in [-0.1, -0.05) is 31.4 Å². The normalized spacial score (nSPS) is 17.5. The van der Waals surface area contributed by atoms with Crippen LogP contribution in [-0.2, 0) is 14.6 Å². The third kappa shape index (κ3) is 3.90. The molecule has 0 spiro atoms. The molecular weight excluding hydrogens is 362 g/mol. The quantitative estimate of drug-likeness (QED) is 0.819. The fourth-order valence-corrected chi connectivity index (χ4v) is 7.09. The first kappa shape index (κ1) is 17.6. The molecule has 1 saturated carbocycles. The highest BCUT2D eigenvalue weighted by atomic mass is 32.2. The van der Waals surface area contributed by atoms with E-state index >= 15 is 0 Å². The van der Waals surface area contributed by atoms with E-state index in [4.69, 9.17) is 0 Å². The Hall–Kier alpha value is -1.18. The Labute approximate surface area is 150 Å². The van der Waals surface area contributed by atoms with E-state index in [0.29, 0.717) is 4.21 Å². The van der Waals surface area contributed by atoms with Crippen molar-refractivity contribution < 1.29 is 13.2 Å². The number of hydrogen-bond acceptors (Lipinski definition) is 5. The van der Waals surface area contributed by atoms with Crippen molar-refractivity contribution in [2.75, 3.05) is 6.54 Å². The smallest absolute Gasteiger partial charge is 0.223 e. The molecule has 1 aliphatic rings. The molecule has 2 aromatic rings. The molecular formula is C17H21NO3S3. The highest BCUT2D eigenvalue weighted by Gasteiger charge is 2.32. The number of thiophene rings is 2. The van der Waals surface area contributed by atoms with Crippen molar-refractivity contribution in [2.24, 2.45) is 5.92 Å². The summed E-state index contributed by atoms with van der Waals surface area (Å²) in [5.41, 5.74) is 0. The summed E-state index contributed by atoms with van der Waals surface area (Å²) in [5, 5.41) is 5.82. The zero-order valence-electron chi connectivity index (χ0n) is 13.3. The third-order valence-electron chi connectivity index (χ3n) is 4.45. The number of amides is 1. The van der Waals surface area contributed by atoms with Gasteiger partial charge in [0, 0.05) is 17.3 Å². The fourth-order valence-electron chi connectivity index (χ4n) is 3.11. The Morgan fingerprint density at radius 3 is 2.46 bits per heavy atom. The van der Waals surface area contributed by atoms with Crippen LogP contribution in [0.1, 0.15) is 42.2 Å². The summed E-state index contributed by atoms with van der Waals surface area (Å²) >= 11 is 2.64. The van der Waals surface area contributed by atoms with Crippen LogP contribution in [0, 0.1) is 5.92 Å². The zero-order valence-corrected chi connectivity index (χ0v) is 15.8. The number of nitrogens with one attached hydrogen (secondary N) is 1. The van der Waals surface area contributed by atoms with Gasteiger partial charge < -0.3 is 5.32 Å². The highest BCUT2D eigenvalue weighted by Crippen LogP contribution is 2.33.